The number of carbonyl (C=O) groups is 2. The Morgan fingerprint density at radius 2 is 1.90 bits per heavy atom. The highest BCUT2D eigenvalue weighted by molar-refractivity contribution is 7.17. The van der Waals surface area contributed by atoms with Gasteiger partial charge in [0.1, 0.15) is 5.00 Å². The van der Waals surface area contributed by atoms with Gasteiger partial charge in [-0.15, -0.1) is 11.3 Å². The summed E-state index contributed by atoms with van der Waals surface area (Å²) < 4.78 is 0. The van der Waals surface area contributed by atoms with Gasteiger partial charge in [-0.2, -0.15) is 0 Å². The van der Waals surface area contributed by atoms with E-state index in [2.05, 4.69) is 22.0 Å². The first-order valence-electron chi connectivity index (χ1n) is 10.4. The Labute approximate surface area is 186 Å². The minimum atomic E-state index is -0.450. The molecule has 1 aliphatic carbocycles. The molecule has 1 atom stereocenters. The molecule has 2 amide bonds. The average molecular weight is 447 g/mol. The van der Waals surface area contributed by atoms with Crippen LogP contribution < -0.4 is 16.0 Å². The zero-order valence-electron chi connectivity index (χ0n) is 17.1. The maximum atomic E-state index is 12.7. The Morgan fingerprint density at radius 3 is 2.57 bits per heavy atom. The highest BCUT2D eigenvalue weighted by atomic mass is 35.5. The Hall–Kier alpha value is -2.09. The number of hydrogen-bond donors (Lipinski definition) is 2. The van der Waals surface area contributed by atoms with Gasteiger partial charge in [0, 0.05) is 41.8 Å². The summed E-state index contributed by atoms with van der Waals surface area (Å²) in [6.45, 7) is 5.84. The van der Waals surface area contributed by atoms with Crippen LogP contribution in [0.15, 0.2) is 24.3 Å². The number of rotatable bonds is 5. The smallest absolute Gasteiger partial charge is 0.251 e. The van der Waals surface area contributed by atoms with E-state index in [0.29, 0.717) is 23.0 Å². The number of nitrogens with one attached hydrogen (secondary N) is 1. The van der Waals surface area contributed by atoms with Crippen LogP contribution in [0, 0.1) is 5.92 Å². The second-order valence-corrected chi connectivity index (χ2v) is 9.75. The molecule has 1 aromatic heterocycles. The van der Waals surface area contributed by atoms with E-state index < -0.39 is 5.91 Å². The number of benzene rings is 1. The van der Waals surface area contributed by atoms with Gasteiger partial charge >= 0.3 is 0 Å². The Balaban J connectivity index is 1.35. The van der Waals surface area contributed by atoms with Crippen LogP contribution in [0.1, 0.15) is 34.1 Å². The van der Waals surface area contributed by atoms with Crippen LogP contribution in [-0.2, 0) is 17.6 Å². The molecule has 30 heavy (non-hydrogen) atoms. The second-order valence-electron chi connectivity index (χ2n) is 8.21. The van der Waals surface area contributed by atoms with Crippen LogP contribution in [0.25, 0.3) is 0 Å². The van der Waals surface area contributed by atoms with Gasteiger partial charge in [0.2, 0.25) is 5.91 Å². The lowest BCUT2D eigenvalue weighted by Gasteiger charge is -2.35. The van der Waals surface area contributed by atoms with Crippen molar-refractivity contribution in [2.45, 2.75) is 26.2 Å². The molecule has 8 heteroatoms. The topological polar surface area (TPSA) is 78.7 Å². The molecule has 0 spiro atoms. The van der Waals surface area contributed by atoms with Crippen molar-refractivity contribution in [3.05, 3.63) is 45.3 Å². The van der Waals surface area contributed by atoms with Crippen LogP contribution in [0.5, 0.6) is 0 Å². The molecular formula is C22H27ClN4O2S. The molecule has 1 aliphatic heterocycles. The molecule has 2 heterocycles. The van der Waals surface area contributed by atoms with E-state index in [1.54, 1.807) is 0 Å². The third-order valence-electron chi connectivity index (χ3n) is 5.94. The lowest BCUT2D eigenvalue weighted by molar-refractivity contribution is -0.117. The van der Waals surface area contributed by atoms with Crippen LogP contribution >= 0.6 is 22.9 Å². The Kier molecular flexibility index (Phi) is 6.32. The SMILES string of the molecule is CC1CCc2c(sc(NC(=O)CN3CCN(c4ccc(Cl)cc4)CC3)c2C(N)=O)C1. The second kappa shape index (κ2) is 8.96. The summed E-state index contributed by atoms with van der Waals surface area (Å²) in [4.78, 5) is 30.4. The fourth-order valence-corrected chi connectivity index (χ4v) is 5.84. The maximum absolute atomic E-state index is 12.7. The first kappa shape index (κ1) is 21.2. The molecule has 0 bridgehead atoms. The first-order valence-corrected chi connectivity index (χ1v) is 11.6. The van der Waals surface area contributed by atoms with Crippen molar-refractivity contribution >= 4 is 45.4 Å². The van der Waals surface area contributed by atoms with E-state index in [1.807, 2.05) is 24.3 Å². The van der Waals surface area contributed by atoms with E-state index in [0.717, 1.165) is 61.7 Å². The number of primary amides is 1. The number of carbonyl (C=O) groups excluding carboxylic acids is 2. The molecule has 1 unspecified atom stereocenters. The quantitative estimate of drug-likeness (QED) is 0.737. The standard InChI is InChI=1S/C22H27ClN4O2S/c1-14-2-7-17-18(12-14)30-22(20(17)21(24)29)25-19(28)13-26-8-10-27(11-9-26)16-5-3-15(23)4-6-16/h3-6,14H,2,7-13H2,1H3,(H2,24,29)(H,25,28). The van der Waals surface area contributed by atoms with Crippen molar-refractivity contribution in [3.8, 4) is 0 Å². The summed E-state index contributed by atoms with van der Waals surface area (Å²) in [7, 11) is 0. The van der Waals surface area contributed by atoms with Crippen molar-refractivity contribution in [3.63, 3.8) is 0 Å². The Morgan fingerprint density at radius 1 is 1.20 bits per heavy atom. The number of anilines is 2. The van der Waals surface area contributed by atoms with Gasteiger partial charge in [-0.3, -0.25) is 14.5 Å². The van der Waals surface area contributed by atoms with Crippen LogP contribution in [-0.4, -0.2) is 49.4 Å². The highest BCUT2D eigenvalue weighted by Gasteiger charge is 2.28. The molecular weight excluding hydrogens is 420 g/mol. The van der Waals surface area contributed by atoms with Gasteiger partial charge < -0.3 is 16.0 Å². The highest BCUT2D eigenvalue weighted by Crippen LogP contribution is 2.39. The minimum Gasteiger partial charge on any atom is -0.369 e. The average Bonchev–Trinajstić information content (AvgIpc) is 3.06. The van der Waals surface area contributed by atoms with E-state index in [1.165, 1.54) is 16.2 Å². The van der Waals surface area contributed by atoms with Gasteiger partial charge in [0.15, 0.2) is 0 Å². The molecule has 6 nitrogen and oxygen atoms in total. The normalized spacial score (nSPS) is 19.4. The van der Waals surface area contributed by atoms with Crippen molar-refractivity contribution in [2.75, 3.05) is 42.9 Å². The Bertz CT molecular complexity index is 935. The number of piperazine rings is 1. The zero-order valence-corrected chi connectivity index (χ0v) is 18.7. The number of fused-ring (bicyclic) bond motifs is 1. The molecule has 1 fully saturated rings. The summed E-state index contributed by atoms with van der Waals surface area (Å²) in [5.74, 6) is 0.0513. The number of nitrogens with two attached hydrogens (primary N) is 1. The van der Waals surface area contributed by atoms with E-state index in [9.17, 15) is 9.59 Å². The van der Waals surface area contributed by atoms with Crippen LogP contribution in [0.4, 0.5) is 10.7 Å². The van der Waals surface area contributed by atoms with Gasteiger partial charge in [-0.25, -0.2) is 0 Å². The molecule has 3 N–H and O–H groups in total. The van der Waals surface area contributed by atoms with Gasteiger partial charge in [0.05, 0.1) is 12.1 Å². The molecule has 0 radical (unpaired) electrons. The summed E-state index contributed by atoms with van der Waals surface area (Å²) in [5, 5.41) is 4.32. The minimum absolute atomic E-state index is 0.0934. The summed E-state index contributed by atoms with van der Waals surface area (Å²) in [6.07, 6.45) is 2.85. The molecule has 1 aromatic carbocycles. The van der Waals surface area contributed by atoms with E-state index >= 15 is 0 Å². The predicted molar refractivity (Wildman–Crippen MR) is 123 cm³/mol. The summed E-state index contributed by atoms with van der Waals surface area (Å²) in [5.41, 5.74) is 8.35. The largest absolute Gasteiger partial charge is 0.369 e. The molecule has 2 aliphatic rings. The number of thiophene rings is 1. The monoisotopic (exact) mass is 446 g/mol. The molecule has 0 saturated carbocycles. The van der Waals surface area contributed by atoms with Crippen molar-refractivity contribution in [1.29, 1.82) is 0 Å². The summed E-state index contributed by atoms with van der Waals surface area (Å²) in [6, 6.07) is 7.84. The van der Waals surface area contributed by atoms with Crippen LogP contribution in [0.2, 0.25) is 5.02 Å². The lowest BCUT2D eigenvalue weighted by atomic mass is 9.88. The maximum Gasteiger partial charge on any atom is 0.251 e. The van der Waals surface area contributed by atoms with E-state index in [-0.39, 0.29) is 5.91 Å². The third kappa shape index (κ3) is 4.63. The number of amides is 2. The lowest BCUT2D eigenvalue weighted by Crippen LogP contribution is -2.48. The van der Waals surface area contributed by atoms with Gasteiger partial charge in [-0.05, 0) is 55.0 Å². The van der Waals surface area contributed by atoms with Gasteiger partial charge in [-0.1, -0.05) is 18.5 Å². The first-order chi connectivity index (χ1) is 14.4. The molecule has 1 saturated heterocycles. The van der Waals surface area contributed by atoms with Gasteiger partial charge in [0.25, 0.3) is 5.91 Å². The number of halogens is 1. The van der Waals surface area contributed by atoms with Crippen molar-refractivity contribution in [1.82, 2.24) is 4.90 Å². The fraction of sp³-hybridized carbons (Fsp3) is 0.455. The third-order valence-corrected chi connectivity index (χ3v) is 7.36. The number of nitrogens with zero attached hydrogens (tertiary/aromatic N) is 2. The van der Waals surface area contributed by atoms with Crippen molar-refractivity contribution in [2.24, 2.45) is 11.7 Å². The number of hydrogen-bond acceptors (Lipinski definition) is 5. The molecule has 160 valence electrons. The van der Waals surface area contributed by atoms with Crippen LogP contribution in [0.3, 0.4) is 0 Å². The fourth-order valence-electron chi connectivity index (χ4n) is 4.28. The van der Waals surface area contributed by atoms with E-state index in [4.69, 9.17) is 17.3 Å². The molecule has 4 rings (SSSR count). The predicted octanol–water partition coefficient (Wildman–Crippen LogP) is 3.39. The van der Waals surface area contributed by atoms with Crippen molar-refractivity contribution < 1.29 is 9.59 Å². The summed E-state index contributed by atoms with van der Waals surface area (Å²) >= 11 is 7.48. The molecule has 2 aromatic rings. The zero-order chi connectivity index (χ0) is 21.3.